The van der Waals surface area contributed by atoms with Crippen LogP contribution in [0.25, 0.3) is 0 Å². The lowest BCUT2D eigenvalue weighted by atomic mass is 10.1. The molecule has 1 aromatic carbocycles. The molecular weight excluding hydrogens is 277 g/mol. The molecule has 0 radical (unpaired) electrons. The predicted molar refractivity (Wildman–Crippen MR) is 71.3 cm³/mol. The Hall–Kier alpha value is -0.810. The van der Waals surface area contributed by atoms with Gasteiger partial charge in [-0.3, -0.25) is 4.79 Å². The highest BCUT2D eigenvalue weighted by atomic mass is 35.5. The molecule has 18 heavy (non-hydrogen) atoms. The maximum absolute atomic E-state index is 11.9. The predicted octanol–water partition coefficient (Wildman–Crippen LogP) is 2.12. The van der Waals surface area contributed by atoms with E-state index in [9.17, 15) is 9.90 Å². The van der Waals surface area contributed by atoms with Crippen molar-refractivity contribution in [2.24, 2.45) is 0 Å². The van der Waals surface area contributed by atoms with Gasteiger partial charge in [-0.15, -0.1) is 0 Å². The molecule has 0 aromatic heterocycles. The standard InChI is InChI=1S/C12H15Cl2NO3/c1-12(17,7-18-2)6-15-11(16)9-5-8(13)3-4-10(9)14/h3-5,17H,6-7H2,1-2H3,(H,15,16)/t12-/m0/s1. The van der Waals surface area contributed by atoms with Gasteiger partial charge >= 0.3 is 0 Å². The Balaban J connectivity index is 2.69. The zero-order valence-corrected chi connectivity index (χ0v) is 11.7. The number of hydrogen-bond donors (Lipinski definition) is 2. The van der Waals surface area contributed by atoms with Crippen LogP contribution < -0.4 is 5.32 Å². The van der Waals surface area contributed by atoms with Crippen LogP contribution in [0.5, 0.6) is 0 Å². The van der Waals surface area contributed by atoms with E-state index in [4.69, 9.17) is 27.9 Å². The highest BCUT2D eigenvalue weighted by molar-refractivity contribution is 6.35. The van der Waals surface area contributed by atoms with Gasteiger partial charge in [-0.05, 0) is 25.1 Å². The number of hydrogen-bond acceptors (Lipinski definition) is 3. The van der Waals surface area contributed by atoms with Crippen molar-refractivity contribution >= 4 is 29.1 Å². The van der Waals surface area contributed by atoms with E-state index >= 15 is 0 Å². The third-order valence-electron chi connectivity index (χ3n) is 2.26. The molecule has 100 valence electrons. The molecule has 0 aliphatic heterocycles. The Morgan fingerprint density at radius 1 is 1.50 bits per heavy atom. The Kier molecular flexibility index (Phi) is 5.41. The van der Waals surface area contributed by atoms with E-state index in [0.717, 1.165) is 0 Å². The summed E-state index contributed by atoms with van der Waals surface area (Å²) in [5.74, 6) is -0.390. The minimum Gasteiger partial charge on any atom is -0.386 e. The lowest BCUT2D eigenvalue weighted by Gasteiger charge is -2.22. The van der Waals surface area contributed by atoms with E-state index in [-0.39, 0.29) is 24.6 Å². The van der Waals surface area contributed by atoms with Crippen molar-refractivity contribution in [2.75, 3.05) is 20.3 Å². The van der Waals surface area contributed by atoms with Crippen LogP contribution in [0.3, 0.4) is 0 Å². The Labute approximate surface area is 116 Å². The Bertz CT molecular complexity index is 435. The van der Waals surface area contributed by atoms with Gasteiger partial charge in [0.05, 0.1) is 17.2 Å². The van der Waals surface area contributed by atoms with Crippen molar-refractivity contribution in [2.45, 2.75) is 12.5 Å². The van der Waals surface area contributed by atoms with Crippen molar-refractivity contribution < 1.29 is 14.6 Å². The van der Waals surface area contributed by atoms with E-state index in [2.05, 4.69) is 5.32 Å². The molecule has 0 saturated heterocycles. The fourth-order valence-electron chi connectivity index (χ4n) is 1.40. The summed E-state index contributed by atoms with van der Waals surface area (Å²) in [6, 6.07) is 4.62. The quantitative estimate of drug-likeness (QED) is 0.874. The molecule has 0 spiro atoms. The molecule has 0 bridgehead atoms. The topological polar surface area (TPSA) is 58.6 Å². The number of amides is 1. The summed E-state index contributed by atoms with van der Waals surface area (Å²) in [5.41, 5.74) is -0.854. The first-order chi connectivity index (χ1) is 8.35. The molecule has 0 aliphatic rings. The average Bonchev–Trinajstić information content (AvgIpc) is 2.29. The summed E-state index contributed by atoms with van der Waals surface area (Å²) in [5, 5.41) is 13.1. The van der Waals surface area contributed by atoms with Gasteiger partial charge in [-0.1, -0.05) is 23.2 Å². The van der Waals surface area contributed by atoms with Gasteiger partial charge in [0.15, 0.2) is 0 Å². The molecule has 0 saturated carbocycles. The summed E-state index contributed by atoms with van der Waals surface area (Å²) in [7, 11) is 1.48. The van der Waals surface area contributed by atoms with Crippen molar-refractivity contribution in [3.05, 3.63) is 33.8 Å². The molecule has 1 aromatic rings. The first kappa shape index (κ1) is 15.2. The van der Waals surface area contributed by atoms with Crippen molar-refractivity contribution in [3.8, 4) is 0 Å². The highest BCUT2D eigenvalue weighted by Crippen LogP contribution is 2.20. The minimum absolute atomic E-state index is 0.0581. The van der Waals surface area contributed by atoms with Crippen LogP contribution in [-0.2, 0) is 4.74 Å². The number of aliphatic hydroxyl groups is 1. The number of halogens is 2. The number of ether oxygens (including phenoxy) is 1. The second-order valence-corrected chi connectivity index (χ2v) is 5.08. The third kappa shape index (κ3) is 4.46. The SMILES string of the molecule is COC[C@@](C)(O)CNC(=O)c1cc(Cl)ccc1Cl. The van der Waals surface area contributed by atoms with E-state index in [1.807, 2.05) is 0 Å². The number of rotatable bonds is 5. The summed E-state index contributed by atoms with van der Waals surface area (Å²) in [6.07, 6.45) is 0. The molecule has 0 aliphatic carbocycles. The van der Waals surface area contributed by atoms with Crippen LogP contribution in [0.1, 0.15) is 17.3 Å². The smallest absolute Gasteiger partial charge is 0.252 e. The van der Waals surface area contributed by atoms with Gasteiger partial charge in [0.25, 0.3) is 5.91 Å². The monoisotopic (exact) mass is 291 g/mol. The van der Waals surface area contributed by atoms with Gasteiger partial charge in [-0.25, -0.2) is 0 Å². The zero-order chi connectivity index (χ0) is 13.8. The van der Waals surface area contributed by atoms with Gasteiger partial charge in [0.2, 0.25) is 0 Å². The maximum Gasteiger partial charge on any atom is 0.252 e. The first-order valence-electron chi connectivity index (χ1n) is 5.30. The van der Waals surface area contributed by atoms with Crippen LogP contribution >= 0.6 is 23.2 Å². The number of benzene rings is 1. The second kappa shape index (κ2) is 6.38. The van der Waals surface area contributed by atoms with Crippen LogP contribution in [0.15, 0.2) is 18.2 Å². The van der Waals surface area contributed by atoms with Gasteiger partial charge in [0, 0.05) is 18.7 Å². The first-order valence-corrected chi connectivity index (χ1v) is 6.06. The van der Waals surface area contributed by atoms with E-state index in [1.54, 1.807) is 19.1 Å². The molecule has 1 rings (SSSR count). The normalized spacial score (nSPS) is 14.1. The maximum atomic E-state index is 11.9. The van der Waals surface area contributed by atoms with E-state index in [1.165, 1.54) is 13.2 Å². The second-order valence-electron chi connectivity index (χ2n) is 4.24. The average molecular weight is 292 g/mol. The van der Waals surface area contributed by atoms with Gasteiger partial charge < -0.3 is 15.2 Å². The summed E-state index contributed by atoms with van der Waals surface area (Å²) in [4.78, 5) is 11.9. The molecule has 0 fully saturated rings. The fourth-order valence-corrected chi connectivity index (χ4v) is 1.77. The van der Waals surface area contributed by atoms with Crippen LogP contribution in [-0.4, -0.2) is 36.9 Å². The summed E-state index contributed by atoms with van der Waals surface area (Å²) >= 11 is 11.7. The molecule has 2 N–H and O–H groups in total. The molecule has 6 heteroatoms. The molecule has 4 nitrogen and oxygen atoms in total. The fraction of sp³-hybridized carbons (Fsp3) is 0.417. The van der Waals surface area contributed by atoms with E-state index in [0.29, 0.717) is 10.0 Å². The number of methoxy groups -OCH3 is 1. The van der Waals surface area contributed by atoms with Crippen LogP contribution in [0.4, 0.5) is 0 Å². The number of carbonyl (C=O) groups is 1. The van der Waals surface area contributed by atoms with Crippen molar-refractivity contribution in [1.82, 2.24) is 5.32 Å². The molecule has 0 unspecified atom stereocenters. The third-order valence-corrected chi connectivity index (χ3v) is 2.82. The van der Waals surface area contributed by atoms with Crippen molar-refractivity contribution in [1.29, 1.82) is 0 Å². The van der Waals surface area contributed by atoms with E-state index < -0.39 is 5.60 Å². The molecule has 1 atom stereocenters. The largest absolute Gasteiger partial charge is 0.386 e. The molecule has 0 heterocycles. The lowest BCUT2D eigenvalue weighted by Crippen LogP contribution is -2.43. The lowest BCUT2D eigenvalue weighted by molar-refractivity contribution is -0.0147. The van der Waals surface area contributed by atoms with Crippen molar-refractivity contribution in [3.63, 3.8) is 0 Å². The van der Waals surface area contributed by atoms with Crippen LogP contribution in [0.2, 0.25) is 10.0 Å². The summed E-state index contributed by atoms with van der Waals surface area (Å²) < 4.78 is 4.84. The Morgan fingerprint density at radius 2 is 2.17 bits per heavy atom. The van der Waals surface area contributed by atoms with Gasteiger partial charge in [0.1, 0.15) is 5.60 Å². The minimum atomic E-state index is -1.13. The zero-order valence-electron chi connectivity index (χ0n) is 10.2. The number of carbonyl (C=O) groups excluding carboxylic acids is 1. The van der Waals surface area contributed by atoms with Crippen LogP contribution in [0, 0.1) is 0 Å². The molecular formula is C12H15Cl2NO3. The summed E-state index contributed by atoms with van der Waals surface area (Å²) in [6.45, 7) is 1.75. The Morgan fingerprint density at radius 3 is 2.78 bits per heavy atom. The highest BCUT2D eigenvalue weighted by Gasteiger charge is 2.22. The molecule has 1 amide bonds. The number of nitrogens with one attached hydrogen (secondary N) is 1. The van der Waals surface area contributed by atoms with Gasteiger partial charge in [-0.2, -0.15) is 0 Å².